The minimum absolute atomic E-state index is 0.0608. The van der Waals surface area contributed by atoms with Crippen molar-refractivity contribution >= 4 is 11.8 Å². The number of aromatic carboxylic acids is 1. The van der Waals surface area contributed by atoms with Gasteiger partial charge in [-0.25, -0.2) is 14.8 Å². The second kappa shape index (κ2) is 5.13. The van der Waals surface area contributed by atoms with Gasteiger partial charge in [-0.3, -0.25) is 0 Å². The van der Waals surface area contributed by atoms with Crippen LogP contribution in [-0.4, -0.2) is 34.1 Å². The molecule has 1 heterocycles. The molecule has 1 aromatic rings. The molecule has 0 saturated carbocycles. The van der Waals surface area contributed by atoms with Crippen LogP contribution in [0.4, 0.5) is 5.82 Å². The number of carbonyl (C=O) groups is 1. The van der Waals surface area contributed by atoms with Gasteiger partial charge in [0.2, 0.25) is 0 Å². The lowest BCUT2D eigenvalue weighted by Crippen LogP contribution is -2.10. The first-order chi connectivity index (χ1) is 6.74. The van der Waals surface area contributed by atoms with Crippen LogP contribution in [0.3, 0.4) is 0 Å². The van der Waals surface area contributed by atoms with Gasteiger partial charge in [-0.15, -0.1) is 0 Å². The molecular formula is C8H12N4O2. The molecule has 0 aliphatic rings. The summed E-state index contributed by atoms with van der Waals surface area (Å²) in [5.41, 5.74) is 5.24. The van der Waals surface area contributed by atoms with E-state index in [1.54, 1.807) is 0 Å². The lowest BCUT2D eigenvalue weighted by Gasteiger charge is -2.03. The van der Waals surface area contributed by atoms with Gasteiger partial charge in [0.1, 0.15) is 5.82 Å². The Bertz CT molecular complexity index is 299. The summed E-state index contributed by atoms with van der Waals surface area (Å²) in [5, 5.41) is 11.5. The van der Waals surface area contributed by atoms with Crippen LogP contribution in [0.1, 0.15) is 16.9 Å². The number of carboxylic acid groups (broad SMARTS) is 1. The number of hydrogen-bond acceptors (Lipinski definition) is 5. The van der Waals surface area contributed by atoms with Crippen molar-refractivity contribution in [2.45, 2.75) is 6.42 Å². The highest BCUT2D eigenvalue weighted by atomic mass is 16.4. The molecule has 76 valence electrons. The second-order valence-corrected chi connectivity index (χ2v) is 2.66. The van der Waals surface area contributed by atoms with Gasteiger partial charge in [-0.05, 0) is 13.0 Å². The van der Waals surface area contributed by atoms with Crippen molar-refractivity contribution in [2.75, 3.05) is 18.4 Å². The number of carboxylic acids is 1. The fourth-order valence-corrected chi connectivity index (χ4v) is 0.848. The summed E-state index contributed by atoms with van der Waals surface area (Å²) in [6.07, 6.45) is 3.44. The van der Waals surface area contributed by atoms with Crippen LogP contribution in [0.25, 0.3) is 0 Å². The molecule has 0 amide bonds. The summed E-state index contributed by atoms with van der Waals surface area (Å²) < 4.78 is 0. The molecule has 0 fully saturated rings. The van der Waals surface area contributed by atoms with E-state index < -0.39 is 5.97 Å². The van der Waals surface area contributed by atoms with E-state index in [1.807, 2.05) is 0 Å². The zero-order valence-electron chi connectivity index (χ0n) is 7.60. The molecule has 0 aliphatic carbocycles. The predicted octanol–water partition coefficient (Wildman–Crippen LogP) is -0.0645. The van der Waals surface area contributed by atoms with Gasteiger partial charge in [0.25, 0.3) is 0 Å². The van der Waals surface area contributed by atoms with Crippen molar-refractivity contribution in [1.29, 1.82) is 0 Å². The summed E-state index contributed by atoms with van der Waals surface area (Å²) >= 11 is 0. The molecule has 0 spiro atoms. The van der Waals surface area contributed by atoms with Gasteiger partial charge >= 0.3 is 5.97 Å². The summed E-state index contributed by atoms with van der Waals surface area (Å²) in [7, 11) is 0. The van der Waals surface area contributed by atoms with Crippen LogP contribution >= 0.6 is 0 Å². The van der Waals surface area contributed by atoms with Gasteiger partial charge in [0.15, 0.2) is 5.69 Å². The minimum atomic E-state index is -1.08. The van der Waals surface area contributed by atoms with Gasteiger partial charge in [-0.2, -0.15) is 0 Å². The molecule has 1 aromatic heterocycles. The third-order valence-corrected chi connectivity index (χ3v) is 1.56. The third-order valence-electron chi connectivity index (χ3n) is 1.56. The topological polar surface area (TPSA) is 101 Å². The van der Waals surface area contributed by atoms with Gasteiger partial charge in [-0.1, -0.05) is 0 Å². The Morgan fingerprint density at radius 2 is 2.29 bits per heavy atom. The Balaban J connectivity index is 2.51. The molecule has 6 nitrogen and oxygen atoms in total. The van der Waals surface area contributed by atoms with E-state index >= 15 is 0 Å². The Hall–Kier alpha value is -1.69. The van der Waals surface area contributed by atoms with Crippen molar-refractivity contribution in [2.24, 2.45) is 5.73 Å². The number of nitrogens with one attached hydrogen (secondary N) is 1. The van der Waals surface area contributed by atoms with Crippen molar-refractivity contribution < 1.29 is 9.90 Å². The fourth-order valence-electron chi connectivity index (χ4n) is 0.848. The predicted molar refractivity (Wildman–Crippen MR) is 51.2 cm³/mol. The molecular weight excluding hydrogens is 184 g/mol. The quantitative estimate of drug-likeness (QED) is 0.570. The van der Waals surface area contributed by atoms with E-state index in [2.05, 4.69) is 15.3 Å². The van der Waals surface area contributed by atoms with Crippen LogP contribution in [0.2, 0.25) is 0 Å². The smallest absolute Gasteiger partial charge is 0.356 e. The van der Waals surface area contributed by atoms with Crippen LogP contribution in [0.15, 0.2) is 12.4 Å². The van der Waals surface area contributed by atoms with E-state index in [4.69, 9.17) is 10.8 Å². The van der Waals surface area contributed by atoms with E-state index in [-0.39, 0.29) is 5.69 Å². The number of nitrogens with two attached hydrogens (primary N) is 1. The molecule has 6 heteroatoms. The lowest BCUT2D eigenvalue weighted by atomic mass is 10.4. The normalized spacial score (nSPS) is 9.79. The molecule has 1 rings (SSSR count). The van der Waals surface area contributed by atoms with Crippen LogP contribution in [0.5, 0.6) is 0 Å². The van der Waals surface area contributed by atoms with Crippen LogP contribution in [-0.2, 0) is 0 Å². The number of nitrogens with zero attached hydrogens (tertiary/aromatic N) is 2. The first-order valence-electron chi connectivity index (χ1n) is 4.23. The van der Waals surface area contributed by atoms with E-state index in [0.717, 1.165) is 6.42 Å². The highest BCUT2D eigenvalue weighted by Crippen LogP contribution is 2.00. The van der Waals surface area contributed by atoms with E-state index in [1.165, 1.54) is 12.4 Å². The van der Waals surface area contributed by atoms with Crippen molar-refractivity contribution in [3.05, 3.63) is 18.1 Å². The zero-order chi connectivity index (χ0) is 10.4. The number of anilines is 1. The maximum Gasteiger partial charge on any atom is 0.356 e. The maximum absolute atomic E-state index is 10.4. The average Bonchev–Trinajstić information content (AvgIpc) is 2.19. The first-order valence-corrected chi connectivity index (χ1v) is 4.23. The summed E-state index contributed by atoms with van der Waals surface area (Å²) in [6.45, 7) is 1.31. The largest absolute Gasteiger partial charge is 0.476 e. The SMILES string of the molecule is NCCCNc1cnc(C(=O)O)cn1. The van der Waals surface area contributed by atoms with Gasteiger partial charge in [0.05, 0.1) is 12.4 Å². The Morgan fingerprint density at radius 1 is 1.50 bits per heavy atom. The molecule has 4 N–H and O–H groups in total. The van der Waals surface area contributed by atoms with Gasteiger partial charge < -0.3 is 16.2 Å². The van der Waals surface area contributed by atoms with Crippen molar-refractivity contribution in [1.82, 2.24) is 9.97 Å². The molecule has 0 aromatic carbocycles. The standard InChI is InChI=1S/C8H12N4O2/c9-2-1-3-10-7-5-11-6(4-12-7)8(13)14/h4-5H,1-3,9H2,(H,10,12)(H,13,14). The Morgan fingerprint density at radius 3 is 2.79 bits per heavy atom. The van der Waals surface area contributed by atoms with Crippen LogP contribution in [0, 0.1) is 0 Å². The van der Waals surface area contributed by atoms with E-state index in [0.29, 0.717) is 18.9 Å². The fraction of sp³-hybridized carbons (Fsp3) is 0.375. The molecule has 0 aliphatic heterocycles. The van der Waals surface area contributed by atoms with E-state index in [9.17, 15) is 4.79 Å². The monoisotopic (exact) mass is 196 g/mol. The lowest BCUT2D eigenvalue weighted by molar-refractivity contribution is 0.0690. The first kappa shape index (κ1) is 10.4. The minimum Gasteiger partial charge on any atom is -0.476 e. The molecule has 0 radical (unpaired) electrons. The number of rotatable bonds is 5. The van der Waals surface area contributed by atoms with Crippen LogP contribution < -0.4 is 11.1 Å². The average molecular weight is 196 g/mol. The molecule has 0 atom stereocenters. The summed E-state index contributed by atoms with van der Waals surface area (Å²) in [4.78, 5) is 18.0. The summed E-state index contributed by atoms with van der Waals surface area (Å²) in [6, 6.07) is 0. The highest BCUT2D eigenvalue weighted by Gasteiger charge is 2.03. The van der Waals surface area contributed by atoms with Crippen molar-refractivity contribution in [3.8, 4) is 0 Å². The maximum atomic E-state index is 10.4. The van der Waals surface area contributed by atoms with Crippen molar-refractivity contribution in [3.63, 3.8) is 0 Å². The molecule has 0 saturated heterocycles. The zero-order valence-corrected chi connectivity index (χ0v) is 7.60. The Kier molecular flexibility index (Phi) is 3.81. The summed E-state index contributed by atoms with van der Waals surface area (Å²) in [5.74, 6) is -0.519. The second-order valence-electron chi connectivity index (χ2n) is 2.66. The molecule has 14 heavy (non-hydrogen) atoms. The third kappa shape index (κ3) is 2.98. The number of aromatic nitrogens is 2. The molecule has 0 unspecified atom stereocenters. The number of hydrogen-bond donors (Lipinski definition) is 3. The molecule has 0 bridgehead atoms. The Labute approximate surface area is 81.2 Å². The van der Waals surface area contributed by atoms with Gasteiger partial charge in [0, 0.05) is 6.54 Å². The highest BCUT2D eigenvalue weighted by molar-refractivity contribution is 5.84.